The maximum absolute atomic E-state index is 12.4. The van der Waals surface area contributed by atoms with Crippen LogP contribution in [0.3, 0.4) is 0 Å². The highest BCUT2D eigenvalue weighted by molar-refractivity contribution is 7.74. The number of nitrogens with zero attached hydrogens (tertiary/aromatic N) is 1. The third kappa shape index (κ3) is 2.25. The molecule has 0 aromatic heterocycles. The van der Waals surface area contributed by atoms with Gasteiger partial charge in [-0.2, -0.15) is 0 Å². The molecule has 2 aromatic rings. The molecule has 0 fully saturated rings. The summed E-state index contributed by atoms with van der Waals surface area (Å²) in [6.45, 7) is 2.11. The van der Waals surface area contributed by atoms with Crippen LogP contribution in [0.4, 0.5) is 0 Å². The number of hydrogen-bond acceptors (Lipinski definition) is 1. The Morgan fingerprint density at radius 3 is 1.85 bits per heavy atom. The monoisotopic (exact) mass is 283 g/mol. The minimum Gasteiger partial charge on any atom is -0.623 e. The van der Waals surface area contributed by atoms with Crippen LogP contribution in [0.15, 0.2) is 60.7 Å². The van der Waals surface area contributed by atoms with Crippen molar-refractivity contribution in [2.24, 2.45) is 0 Å². The van der Waals surface area contributed by atoms with Crippen LogP contribution in [-0.4, -0.2) is 16.2 Å². The molecule has 0 saturated carbocycles. The Bertz CT molecular complexity index is 572. The van der Waals surface area contributed by atoms with Crippen molar-refractivity contribution in [2.45, 2.75) is 25.0 Å². The zero-order valence-electron chi connectivity index (χ0n) is 11.6. The van der Waals surface area contributed by atoms with Gasteiger partial charge < -0.3 is 5.21 Å². The van der Waals surface area contributed by atoms with E-state index in [4.69, 9.17) is 0 Å². The molecule has 0 bridgehead atoms. The molecule has 102 valence electrons. The van der Waals surface area contributed by atoms with Crippen LogP contribution in [0.2, 0.25) is 0 Å². The van der Waals surface area contributed by atoms with E-state index in [-0.39, 0.29) is 5.28 Å². The largest absolute Gasteiger partial charge is 0.623 e. The molecule has 1 aliphatic heterocycles. The molecule has 20 heavy (non-hydrogen) atoms. The molecule has 1 unspecified atom stereocenters. The van der Waals surface area contributed by atoms with Crippen molar-refractivity contribution in [1.82, 2.24) is 0 Å². The van der Waals surface area contributed by atoms with E-state index in [0.29, 0.717) is 0 Å². The highest BCUT2D eigenvalue weighted by Gasteiger charge is 2.46. The van der Waals surface area contributed by atoms with Gasteiger partial charge in [0.25, 0.3) is 0 Å². The molecular weight excluding hydrogens is 265 g/mol. The Kier molecular flexibility index (Phi) is 3.58. The van der Waals surface area contributed by atoms with Crippen LogP contribution in [-0.2, 0) is 0 Å². The predicted molar refractivity (Wildman–Crippen MR) is 86.4 cm³/mol. The number of hydrogen-bond donors (Lipinski definition) is 0. The van der Waals surface area contributed by atoms with Gasteiger partial charge in [-0.05, 0) is 10.6 Å². The smallest absolute Gasteiger partial charge is 0.194 e. The Balaban J connectivity index is 2.12. The lowest BCUT2D eigenvalue weighted by atomic mass is 10.2. The maximum Gasteiger partial charge on any atom is 0.194 e. The Hall–Kier alpha value is -1.66. The standard InChI is InChI=1S/C17H18NOP/c1-17(13-8-14-18(17)19)20(15-9-4-2-5-10-15)16-11-6-3-7-12-16/h2-7,9-12,14H,8,13H2,1H3. The summed E-state index contributed by atoms with van der Waals surface area (Å²) in [4.78, 5) is 0. The van der Waals surface area contributed by atoms with Crippen molar-refractivity contribution in [2.75, 3.05) is 0 Å². The molecule has 0 radical (unpaired) electrons. The molecule has 2 aromatic carbocycles. The minimum absolute atomic E-state index is 0.335. The van der Waals surface area contributed by atoms with Crippen molar-refractivity contribution in [3.8, 4) is 0 Å². The molecule has 0 aliphatic carbocycles. The maximum atomic E-state index is 12.4. The van der Waals surface area contributed by atoms with Crippen LogP contribution in [0, 0.1) is 5.21 Å². The highest BCUT2D eigenvalue weighted by atomic mass is 31.1. The van der Waals surface area contributed by atoms with Crippen LogP contribution < -0.4 is 10.6 Å². The van der Waals surface area contributed by atoms with Crippen molar-refractivity contribution >= 4 is 24.7 Å². The van der Waals surface area contributed by atoms with Crippen molar-refractivity contribution in [3.05, 3.63) is 65.9 Å². The molecule has 1 aliphatic rings. The average Bonchev–Trinajstić information content (AvgIpc) is 2.82. The second-order valence-corrected chi connectivity index (χ2v) is 7.94. The summed E-state index contributed by atoms with van der Waals surface area (Å²) in [6, 6.07) is 20.9. The Labute approximate surface area is 121 Å². The predicted octanol–water partition coefficient (Wildman–Crippen LogP) is 3.21. The van der Waals surface area contributed by atoms with Gasteiger partial charge in [0.05, 0.1) is 0 Å². The summed E-state index contributed by atoms with van der Waals surface area (Å²) in [6.07, 6.45) is 3.59. The van der Waals surface area contributed by atoms with E-state index in [2.05, 4.69) is 55.5 Å². The van der Waals surface area contributed by atoms with Gasteiger partial charge in [0.2, 0.25) is 0 Å². The zero-order valence-corrected chi connectivity index (χ0v) is 12.5. The van der Waals surface area contributed by atoms with Crippen molar-refractivity contribution in [1.29, 1.82) is 0 Å². The normalized spacial score (nSPS) is 22.0. The average molecular weight is 283 g/mol. The summed E-state index contributed by atoms with van der Waals surface area (Å²) >= 11 is 0. The summed E-state index contributed by atoms with van der Waals surface area (Å²) in [7, 11) is -0.691. The number of rotatable bonds is 3. The summed E-state index contributed by atoms with van der Waals surface area (Å²) in [5.74, 6) is 0. The van der Waals surface area contributed by atoms with E-state index >= 15 is 0 Å². The lowest BCUT2D eigenvalue weighted by molar-refractivity contribution is -0.501. The van der Waals surface area contributed by atoms with Crippen molar-refractivity contribution in [3.63, 3.8) is 0 Å². The van der Waals surface area contributed by atoms with E-state index < -0.39 is 7.92 Å². The van der Waals surface area contributed by atoms with Gasteiger partial charge in [0.15, 0.2) is 11.5 Å². The fraction of sp³-hybridized carbons (Fsp3) is 0.235. The van der Waals surface area contributed by atoms with Gasteiger partial charge in [-0.1, -0.05) is 60.7 Å². The Morgan fingerprint density at radius 2 is 1.45 bits per heavy atom. The summed E-state index contributed by atoms with van der Waals surface area (Å²) in [5, 5.41) is 14.6. The van der Waals surface area contributed by atoms with E-state index in [1.54, 1.807) is 6.21 Å². The van der Waals surface area contributed by atoms with Crippen LogP contribution >= 0.6 is 7.92 Å². The van der Waals surface area contributed by atoms with Gasteiger partial charge in [0.1, 0.15) is 0 Å². The van der Waals surface area contributed by atoms with E-state index in [9.17, 15) is 5.21 Å². The van der Waals surface area contributed by atoms with Gasteiger partial charge in [-0.25, -0.2) is 4.74 Å². The van der Waals surface area contributed by atoms with Crippen LogP contribution in [0.25, 0.3) is 0 Å². The second kappa shape index (κ2) is 5.38. The first-order valence-corrected chi connectivity index (χ1v) is 8.26. The molecule has 1 heterocycles. The van der Waals surface area contributed by atoms with E-state index in [1.807, 2.05) is 12.1 Å². The first kappa shape index (κ1) is 13.3. The molecule has 1 atom stereocenters. The number of benzene rings is 2. The van der Waals surface area contributed by atoms with Gasteiger partial charge in [-0.15, -0.1) is 0 Å². The number of hydroxylamine groups is 1. The van der Waals surface area contributed by atoms with Gasteiger partial charge in [-0.3, -0.25) is 0 Å². The second-order valence-electron chi connectivity index (χ2n) is 5.27. The highest BCUT2D eigenvalue weighted by Crippen LogP contribution is 2.52. The lowest BCUT2D eigenvalue weighted by Crippen LogP contribution is -2.37. The van der Waals surface area contributed by atoms with Crippen molar-refractivity contribution < 1.29 is 4.74 Å². The lowest BCUT2D eigenvalue weighted by Gasteiger charge is -2.33. The fourth-order valence-corrected chi connectivity index (χ4v) is 5.81. The van der Waals surface area contributed by atoms with Crippen LogP contribution in [0.5, 0.6) is 0 Å². The third-order valence-corrected chi connectivity index (χ3v) is 6.91. The van der Waals surface area contributed by atoms with Gasteiger partial charge in [0, 0.05) is 27.7 Å². The minimum atomic E-state index is -0.691. The first-order chi connectivity index (χ1) is 9.72. The van der Waals surface area contributed by atoms with Crippen LogP contribution in [0.1, 0.15) is 19.8 Å². The third-order valence-electron chi connectivity index (χ3n) is 3.90. The molecule has 0 amide bonds. The molecule has 3 heteroatoms. The molecule has 3 rings (SSSR count). The fourth-order valence-electron chi connectivity index (χ4n) is 2.83. The molecule has 0 N–H and O–H groups in total. The van der Waals surface area contributed by atoms with E-state index in [1.165, 1.54) is 15.3 Å². The summed E-state index contributed by atoms with van der Waals surface area (Å²) < 4.78 is 1.19. The first-order valence-electron chi connectivity index (χ1n) is 6.92. The quantitative estimate of drug-likeness (QED) is 0.482. The SMILES string of the molecule is CC1(P(c2ccccc2)c2ccccc2)CCC=[N+]1[O-]. The van der Waals surface area contributed by atoms with E-state index in [0.717, 1.165) is 12.8 Å². The molecule has 0 saturated heterocycles. The molecule has 0 spiro atoms. The van der Waals surface area contributed by atoms with Gasteiger partial charge >= 0.3 is 0 Å². The Morgan fingerprint density at radius 1 is 0.950 bits per heavy atom. The zero-order chi connectivity index (χ0) is 14.0. The molecular formula is C17H18NOP. The summed E-state index contributed by atoms with van der Waals surface area (Å²) in [5.41, 5.74) is 0. The molecule has 2 nitrogen and oxygen atoms in total. The topological polar surface area (TPSA) is 26.1 Å².